The first-order valence-corrected chi connectivity index (χ1v) is 32.8. The molecule has 20 heteroatoms. The summed E-state index contributed by atoms with van der Waals surface area (Å²) in [5.74, 6) is -6.16. The van der Waals surface area contributed by atoms with Crippen LogP contribution >= 0.6 is 0 Å². The fraction of sp³-hybridized carbons (Fsp3) is 0.783. The number of carbonyl (C=O) groups excluding carboxylic acids is 8. The molecule has 89 heavy (non-hydrogen) atoms. The highest BCUT2D eigenvalue weighted by atomic mass is 16.4. The quantitative estimate of drug-likeness (QED) is 0.0314. The Morgan fingerprint density at radius 1 is 0.596 bits per heavy atom. The summed E-state index contributed by atoms with van der Waals surface area (Å²) in [5.41, 5.74) is -0.441. The number of rotatable bonds is 43. The summed E-state index contributed by atoms with van der Waals surface area (Å²) in [6.45, 7) is 42.6. The van der Waals surface area contributed by atoms with Gasteiger partial charge in [-0.1, -0.05) is 135 Å². The van der Waals surface area contributed by atoms with Crippen molar-refractivity contribution in [3.05, 3.63) is 36.6 Å². The van der Waals surface area contributed by atoms with Gasteiger partial charge in [-0.15, -0.1) is 0 Å². The Kier molecular flexibility index (Phi) is 37.1. The molecule has 0 radical (unpaired) electrons. The van der Waals surface area contributed by atoms with Crippen molar-refractivity contribution in [1.29, 1.82) is 0 Å². The molecule has 0 aliphatic heterocycles. The molecule has 0 aromatic carbocycles. The number of aliphatic hydroxyl groups is 1. The number of hydrogen-bond donors (Lipinski definition) is 6. The van der Waals surface area contributed by atoms with E-state index in [0.29, 0.717) is 56.2 Å². The van der Waals surface area contributed by atoms with Gasteiger partial charge in [0, 0.05) is 53.9 Å². The minimum atomic E-state index is -1.35. The van der Waals surface area contributed by atoms with Gasteiger partial charge >= 0.3 is 5.97 Å². The molecule has 1 unspecified atom stereocenters. The molecule has 0 aromatic rings. The van der Waals surface area contributed by atoms with Crippen molar-refractivity contribution in [1.82, 2.24) is 45.8 Å². The summed E-state index contributed by atoms with van der Waals surface area (Å²) >= 11 is 0. The van der Waals surface area contributed by atoms with Crippen LogP contribution in [0.4, 0.5) is 0 Å². The highest BCUT2D eigenvalue weighted by molar-refractivity contribution is 5.95. The van der Waals surface area contributed by atoms with Crippen LogP contribution in [0, 0.1) is 59.2 Å². The van der Waals surface area contributed by atoms with Crippen LogP contribution in [0.5, 0.6) is 0 Å². The van der Waals surface area contributed by atoms with Gasteiger partial charge in [-0.05, 0) is 133 Å². The number of hydrogen-bond acceptors (Lipinski definition) is 12. The molecule has 0 heterocycles. The summed E-state index contributed by atoms with van der Waals surface area (Å²) in [4.78, 5) is 132. The van der Waals surface area contributed by atoms with Crippen molar-refractivity contribution >= 4 is 53.1 Å². The van der Waals surface area contributed by atoms with E-state index in [-0.39, 0.29) is 103 Å². The van der Waals surface area contributed by atoms with Gasteiger partial charge in [0.25, 0.3) is 0 Å². The highest BCUT2D eigenvalue weighted by Gasteiger charge is 2.42. The second kappa shape index (κ2) is 39.6. The third-order valence-corrected chi connectivity index (χ3v) is 17.2. The van der Waals surface area contributed by atoms with Crippen molar-refractivity contribution in [2.75, 3.05) is 55.4 Å². The van der Waals surface area contributed by atoms with E-state index in [1.807, 2.05) is 116 Å². The molecule has 512 valence electrons. The van der Waals surface area contributed by atoms with Gasteiger partial charge in [-0.2, -0.15) is 0 Å². The van der Waals surface area contributed by atoms with E-state index in [9.17, 15) is 53.4 Å². The van der Waals surface area contributed by atoms with E-state index in [2.05, 4.69) is 34.4 Å². The number of ketones is 1. The molecule has 20 nitrogen and oxygen atoms in total. The SMILES string of the molecule is C=C(CC(=O)[C@H](CC(C)C)N(C)C(=O)[C@H](CC(C)C)N(C)C(=O)[C@@H](C)NC(=C)[C@H](C)CCC(C)(O)[C@H](CC(C)C)N(C)C(=O)[C@@H](NC(=O)[C@H](CC(C)C)NC)C(C)C)[C@H](C(=O)N(C)C[C@@H](C[C@H](C)C/C=C/C)C(=O)N[C@@H](CC)C(=O)N(C)CC(=O)O)C(C)C. The lowest BCUT2D eigenvalue weighted by molar-refractivity contribution is -0.148. The van der Waals surface area contributed by atoms with E-state index in [1.54, 1.807) is 60.9 Å². The van der Waals surface area contributed by atoms with E-state index >= 15 is 0 Å². The molecule has 7 amide bonds. The molecule has 0 rings (SSSR count). The highest BCUT2D eigenvalue weighted by Crippen LogP contribution is 2.32. The zero-order chi connectivity index (χ0) is 69.3. The third-order valence-electron chi connectivity index (χ3n) is 17.2. The number of nitrogens with zero attached hydrogens (tertiary/aromatic N) is 5. The number of allylic oxidation sites excluding steroid dienone is 3. The summed E-state index contributed by atoms with van der Waals surface area (Å²) in [6, 6.07) is -5.54. The number of carboxylic acids is 1. The van der Waals surface area contributed by atoms with Crippen molar-refractivity contribution in [2.45, 2.75) is 237 Å². The first-order chi connectivity index (χ1) is 41.0. The Balaban J connectivity index is 6.63. The summed E-state index contributed by atoms with van der Waals surface area (Å²) in [5, 5.41) is 33.7. The first-order valence-electron chi connectivity index (χ1n) is 32.8. The van der Waals surface area contributed by atoms with Gasteiger partial charge in [0.1, 0.15) is 30.7 Å². The molecule has 0 spiro atoms. The van der Waals surface area contributed by atoms with Crippen molar-refractivity contribution in [3.8, 4) is 0 Å². The largest absolute Gasteiger partial charge is 0.480 e. The fourth-order valence-electron chi connectivity index (χ4n) is 11.7. The molecule has 12 atom stereocenters. The monoisotopic (exact) mass is 1260 g/mol. The predicted octanol–water partition coefficient (Wildman–Crippen LogP) is 8.33. The van der Waals surface area contributed by atoms with E-state index in [4.69, 9.17) is 0 Å². The molecule has 0 aromatic heterocycles. The summed E-state index contributed by atoms with van der Waals surface area (Å²) in [7, 11) is 9.56. The number of aliphatic carboxylic acids is 1. The van der Waals surface area contributed by atoms with Crippen molar-refractivity contribution < 1.29 is 53.4 Å². The Labute approximate surface area is 538 Å². The summed E-state index contributed by atoms with van der Waals surface area (Å²) in [6.07, 6.45) is 7.43. The van der Waals surface area contributed by atoms with Gasteiger partial charge < -0.3 is 56.0 Å². The molecule has 6 N–H and O–H groups in total. The maximum absolute atomic E-state index is 14.9. The van der Waals surface area contributed by atoms with Crippen LogP contribution in [0.15, 0.2) is 36.6 Å². The number of likely N-dealkylation sites (N-methyl/N-ethyl adjacent to an activating group) is 5. The molecular formula is C69H125N9O11. The predicted molar refractivity (Wildman–Crippen MR) is 357 cm³/mol. The lowest BCUT2D eigenvalue weighted by Crippen LogP contribution is -2.59. The topological polar surface area (TPSA) is 258 Å². The number of amides is 7. The Morgan fingerprint density at radius 3 is 1.60 bits per heavy atom. The Hall–Kier alpha value is -5.63. The van der Waals surface area contributed by atoms with Crippen molar-refractivity contribution in [2.24, 2.45) is 59.2 Å². The maximum atomic E-state index is 14.9. The van der Waals surface area contributed by atoms with Crippen LogP contribution in [-0.2, 0) is 43.2 Å². The molecule has 0 aliphatic carbocycles. The molecule has 0 fully saturated rings. The molecule has 0 saturated heterocycles. The number of carboxylic acid groups (broad SMARTS) is 1. The van der Waals surface area contributed by atoms with E-state index < -0.39 is 90.0 Å². The van der Waals surface area contributed by atoms with E-state index in [1.165, 1.54) is 21.7 Å². The number of Topliss-reactive ketones (excluding diaryl/α,β-unsaturated/α-hetero) is 1. The molecule has 0 aliphatic rings. The Bertz CT molecular complexity index is 2350. The molecule has 0 saturated carbocycles. The van der Waals surface area contributed by atoms with Gasteiger partial charge in [0.05, 0.1) is 35.6 Å². The lowest BCUT2D eigenvalue weighted by Gasteiger charge is -2.42. The minimum Gasteiger partial charge on any atom is -0.480 e. The number of nitrogens with one attached hydrogen (secondary N) is 4. The minimum absolute atomic E-state index is 0.00586. The van der Waals surface area contributed by atoms with Gasteiger partial charge in [-0.25, -0.2) is 0 Å². The smallest absolute Gasteiger partial charge is 0.323 e. The zero-order valence-electron chi connectivity index (χ0n) is 59.7. The fourth-order valence-corrected chi connectivity index (χ4v) is 11.7. The van der Waals surface area contributed by atoms with Gasteiger partial charge in [0.2, 0.25) is 41.4 Å². The van der Waals surface area contributed by atoms with Gasteiger partial charge in [-0.3, -0.25) is 43.2 Å². The Morgan fingerprint density at radius 2 is 1.12 bits per heavy atom. The zero-order valence-corrected chi connectivity index (χ0v) is 59.7. The number of carbonyl (C=O) groups is 9. The normalized spacial score (nSPS) is 16.3. The van der Waals surface area contributed by atoms with Crippen LogP contribution in [0.25, 0.3) is 0 Å². The second-order valence-electron chi connectivity index (χ2n) is 28.3. The second-order valence-corrected chi connectivity index (χ2v) is 28.3. The van der Waals surface area contributed by atoms with Crippen LogP contribution in [0.1, 0.15) is 189 Å². The average Bonchev–Trinajstić information content (AvgIpc) is 1.43. The van der Waals surface area contributed by atoms with Crippen LogP contribution in [-0.4, -0.2) is 191 Å². The standard InChI is InChI=1S/C69H125N9O11/c1-27-29-30-47(15)37-52(62(82)72-53(28-2)65(85)75(23)40-59(80)81)39-74(22)67(87)60(45(11)12)49(17)38-57(79)55(34-42(5)6)76(24)66(86)56(35-43(7)8)77(25)64(84)51(19)71-50(18)48(16)31-32-69(20,89)58(36-44(9)10)78(26)68(88)61(46(13)14)73-63(83)54(70-21)33-41(3)4/h27,29,41-48,51-56,58,60-61,70-71,89H,17-18,28,30-40H2,1-16,19-26H3,(H,72,82)(H,73,83)(H,80,81)/b29-27+/t47-,48-,51-,52-,53+,54+,55+,56+,58+,60-,61+,69?/m1/s1. The average molecular weight is 1260 g/mol. The first kappa shape index (κ1) is 83.4. The summed E-state index contributed by atoms with van der Waals surface area (Å²) < 4.78 is 0. The third kappa shape index (κ3) is 27.8. The van der Waals surface area contributed by atoms with Crippen LogP contribution < -0.4 is 21.3 Å². The molecular weight excluding hydrogens is 1130 g/mol. The molecule has 0 bridgehead atoms. The van der Waals surface area contributed by atoms with Crippen molar-refractivity contribution in [3.63, 3.8) is 0 Å². The lowest BCUT2D eigenvalue weighted by atomic mass is 9.82. The van der Waals surface area contributed by atoms with Gasteiger partial charge in [0.15, 0.2) is 5.78 Å². The van der Waals surface area contributed by atoms with Crippen LogP contribution in [0.2, 0.25) is 0 Å². The van der Waals surface area contributed by atoms with Crippen LogP contribution in [0.3, 0.4) is 0 Å². The van der Waals surface area contributed by atoms with E-state index in [0.717, 1.165) is 4.90 Å². The maximum Gasteiger partial charge on any atom is 0.323 e.